The zero-order valence-corrected chi connectivity index (χ0v) is 14.2. The van der Waals surface area contributed by atoms with Gasteiger partial charge in [0.05, 0.1) is 5.92 Å². The van der Waals surface area contributed by atoms with E-state index in [4.69, 9.17) is 0 Å². The van der Waals surface area contributed by atoms with Gasteiger partial charge in [-0.3, -0.25) is 10.1 Å². The van der Waals surface area contributed by atoms with Crippen molar-refractivity contribution >= 4 is 21.8 Å². The first-order valence-electron chi connectivity index (χ1n) is 8.29. The molecule has 4 rings (SSSR count). The molecule has 2 aromatic carbocycles. The molecular weight excluding hydrogens is 314 g/mol. The summed E-state index contributed by atoms with van der Waals surface area (Å²) in [6.45, 7) is 1.92. The van der Waals surface area contributed by atoms with Crippen LogP contribution in [-0.2, 0) is 7.05 Å². The third kappa shape index (κ3) is 2.39. The molecule has 25 heavy (non-hydrogen) atoms. The van der Waals surface area contributed by atoms with Gasteiger partial charge in [0.1, 0.15) is 0 Å². The average Bonchev–Trinajstić information content (AvgIpc) is 3.14. The van der Waals surface area contributed by atoms with E-state index in [-0.39, 0.29) is 17.4 Å². The average molecular weight is 333 g/mol. The monoisotopic (exact) mass is 333 g/mol. The first kappa shape index (κ1) is 15.4. The molecule has 0 aliphatic rings. The van der Waals surface area contributed by atoms with E-state index in [9.17, 15) is 10.1 Å². The maximum Gasteiger partial charge on any atom is 0.216 e. The zero-order valence-electron chi connectivity index (χ0n) is 14.2. The van der Waals surface area contributed by atoms with Crippen LogP contribution >= 0.6 is 0 Å². The maximum absolute atomic E-state index is 11.4. The van der Waals surface area contributed by atoms with Crippen LogP contribution in [0.5, 0.6) is 0 Å². The van der Waals surface area contributed by atoms with E-state index >= 15 is 0 Å². The number of fused-ring (bicyclic) bond motifs is 2. The SMILES string of the molecule is Cc1c(C(C[N+](=O)[O-])c2c[nH]c3ccccc23)n(C)c2ccccc12. The molecule has 2 aromatic heterocycles. The molecule has 1 atom stereocenters. The Morgan fingerprint density at radius 1 is 1.12 bits per heavy atom. The largest absolute Gasteiger partial charge is 0.361 e. The second-order valence-electron chi connectivity index (χ2n) is 6.44. The summed E-state index contributed by atoms with van der Waals surface area (Å²) in [6, 6.07) is 16.1. The molecule has 1 N–H and O–H groups in total. The minimum absolute atomic E-state index is 0.132. The van der Waals surface area contributed by atoms with Gasteiger partial charge in [0, 0.05) is 45.7 Å². The second kappa shape index (κ2) is 5.77. The van der Waals surface area contributed by atoms with Crippen LogP contribution in [0.3, 0.4) is 0 Å². The van der Waals surface area contributed by atoms with E-state index in [1.807, 2.05) is 49.6 Å². The van der Waals surface area contributed by atoms with Crippen LogP contribution in [0.2, 0.25) is 0 Å². The van der Waals surface area contributed by atoms with Crippen molar-refractivity contribution in [3.8, 4) is 0 Å². The highest BCUT2D eigenvalue weighted by Gasteiger charge is 2.28. The molecule has 4 aromatic rings. The lowest BCUT2D eigenvalue weighted by atomic mass is 9.92. The molecule has 0 aliphatic heterocycles. The Bertz CT molecular complexity index is 1050. The molecule has 1 unspecified atom stereocenters. The molecule has 0 spiro atoms. The zero-order chi connectivity index (χ0) is 17.6. The summed E-state index contributed by atoms with van der Waals surface area (Å²) >= 11 is 0. The Kier molecular flexibility index (Phi) is 3.57. The molecule has 0 saturated carbocycles. The highest BCUT2D eigenvalue weighted by molar-refractivity contribution is 5.87. The summed E-state index contributed by atoms with van der Waals surface area (Å²) in [5.74, 6) is -0.302. The predicted molar refractivity (Wildman–Crippen MR) is 99.7 cm³/mol. The molecule has 0 radical (unpaired) electrons. The first-order valence-corrected chi connectivity index (χ1v) is 8.29. The molecule has 2 heterocycles. The fraction of sp³-hybridized carbons (Fsp3) is 0.200. The van der Waals surface area contributed by atoms with Gasteiger partial charge in [0.25, 0.3) is 0 Å². The van der Waals surface area contributed by atoms with Gasteiger partial charge >= 0.3 is 0 Å². The molecule has 0 bridgehead atoms. The number of aryl methyl sites for hydroxylation is 2. The molecule has 5 heteroatoms. The van der Waals surface area contributed by atoms with Crippen molar-refractivity contribution in [2.45, 2.75) is 12.8 Å². The van der Waals surface area contributed by atoms with Crippen LogP contribution in [0, 0.1) is 17.0 Å². The number of benzene rings is 2. The minimum atomic E-state index is -0.302. The molecule has 0 amide bonds. The van der Waals surface area contributed by atoms with Gasteiger partial charge < -0.3 is 9.55 Å². The number of aromatic amines is 1. The third-order valence-electron chi connectivity index (χ3n) is 5.07. The number of H-pyrrole nitrogens is 1. The van der Waals surface area contributed by atoms with Gasteiger partial charge in [-0.2, -0.15) is 0 Å². The van der Waals surface area contributed by atoms with E-state index in [1.165, 1.54) is 0 Å². The maximum atomic E-state index is 11.4. The van der Waals surface area contributed by atoms with Crippen LogP contribution in [0.4, 0.5) is 0 Å². The first-order chi connectivity index (χ1) is 12.1. The van der Waals surface area contributed by atoms with Crippen molar-refractivity contribution in [1.82, 2.24) is 9.55 Å². The highest BCUT2D eigenvalue weighted by Crippen LogP contribution is 2.36. The molecule has 0 saturated heterocycles. The predicted octanol–water partition coefficient (Wildman–Crippen LogP) is 4.38. The number of nitrogens with zero attached hydrogens (tertiary/aromatic N) is 2. The molecule has 0 aliphatic carbocycles. The topological polar surface area (TPSA) is 63.9 Å². The molecule has 0 fully saturated rings. The van der Waals surface area contributed by atoms with Crippen molar-refractivity contribution in [1.29, 1.82) is 0 Å². The molecular formula is C20H19N3O2. The minimum Gasteiger partial charge on any atom is -0.361 e. The summed E-state index contributed by atoms with van der Waals surface area (Å²) in [6.07, 6.45) is 1.91. The number of aromatic nitrogens is 2. The fourth-order valence-electron chi connectivity index (χ4n) is 3.96. The van der Waals surface area contributed by atoms with Crippen LogP contribution in [-0.4, -0.2) is 21.0 Å². The number of nitrogens with one attached hydrogen (secondary N) is 1. The van der Waals surface area contributed by atoms with Crippen LogP contribution in [0.25, 0.3) is 21.8 Å². The number of rotatable bonds is 4. The van der Waals surface area contributed by atoms with Gasteiger partial charge in [-0.25, -0.2) is 0 Å². The third-order valence-corrected chi connectivity index (χ3v) is 5.07. The summed E-state index contributed by atoms with van der Waals surface area (Å²) in [7, 11) is 1.99. The van der Waals surface area contributed by atoms with Gasteiger partial charge in [-0.1, -0.05) is 36.4 Å². The standard InChI is InChI=1S/C20H19N3O2/c1-13-14-7-4-6-10-19(14)22(2)20(13)17(12-23(24)25)16-11-21-18-9-5-3-8-15(16)18/h3-11,17,21H,12H2,1-2H3. The van der Waals surface area contributed by atoms with Crippen molar-refractivity contribution in [3.05, 3.63) is 81.7 Å². The lowest BCUT2D eigenvalue weighted by molar-refractivity contribution is -0.482. The number of nitro groups is 1. The van der Waals surface area contributed by atoms with Crippen LogP contribution in [0.1, 0.15) is 22.7 Å². The summed E-state index contributed by atoms with van der Waals surface area (Å²) < 4.78 is 2.10. The lowest BCUT2D eigenvalue weighted by Gasteiger charge is -2.16. The summed E-state index contributed by atoms with van der Waals surface area (Å²) in [5.41, 5.74) is 5.18. The second-order valence-corrected chi connectivity index (χ2v) is 6.44. The van der Waals surface area contributed by atoms with E-state index in [0.29, 0.717) is 0 Å². The summed E-state index contributed by atoms with van der Waals surface area (Å²) in [5, 5.41) is 13.6. The van der Waals surface area contributed by atoms with Crippen LogP contribution in [0.15, 0.2) is 54.7 Å². The van der Waals surface area contributed by atoms with Crippen molar-refractivity contribution < 1.29 is 4.92 Å². The van der Waals surface area contributed by atoms with Gasteiger partial charge in [0.2, 0.25) is 6.54 Å². The Labute approximate surface area is 145 Å². The Morgan fingerprint density at radius 3 is 2.52 bits per heavy atom. The fourth-order valence-corrected chi connectivity index (χ4v) is 3.96. The van der Waals surface area contributed by atoms with Gasteiger partial charge in [-0.15, -0.1) is 0 Å². The Hall–Kier alpha value is -3.08. The number of hydrogen-bond donors (Lipinski definition) is 1. The van der Waals surface area contributed by atoms with Crippen molar-refractivity contribution in [3.63, 3.8) is 0 Å². The number of para-hydroxylation sites is 2. The normalized spacial score (nSPS) is 12.7. The van der Waals surface area contributed by atoms with Crippen molar-refractivity contribution in [2.75, 3.05) is 6.54 Å². The summed E-state index contributed by atoms with van der Waals surface area (Å²) in [4.78, 5) is 14.5. The Morgan fingerprint density at radius 2 is 1.80 bits per heavy atom. The highest BCUT2D eigenvalue weighted by atomic mass is 16.6. The molecule has 126 valence electrons. The van der Waals surface area contributed by atoms with Crippen LogP contribution < -0.4 is 0 Å². The lowest BCUT2D eigenvalue weighted by Crippen LogP contribution is -2.17. The van der Waals surface area contributed by atoms with Gasteiger partial charge in [-0.05, 0) is 30.2 Å². The van der Waals surface area contributed by atoms with Crippen molar-refractivity contribution in [2.24, 2.45) is 7.05 Å². The number of hydrogen-bond acceptors (Lipinski definition) is 2. The molecule has 5 nitrogen and oxygen atoms in total. The smallest absolute Gasteiger partial charge is 0.216 e. The van der Waals surface area contributed by atoms with E-state index in [1.54, 1.807) is 0 Å². The Balaban J connectivity index is 1.99. The van der Waals surface area contributed by atoms with Gasteiger partial charge in [0.15, 0.2) is 0 Å². The van der Waals surface area contributed by atoms with E-state index < -0.39 is 0 Å². The quantitative estimate of drug-likeness (QED) is 0.445. The van der Waals surface area contributed by atoms with E-state index in [2.05, 4.69) is 28.6 Å². The van der Waals surface area contributed by atoms with E-state index in [0.717, 1.165) is 38.6 Å².